The summed E-state index contributed by atoms with van der Waals surface area (Å²) < 4.78 is 26.3. The van der Waals surface area contributed by atoms with Crippen molar-refractivity contribution in [3.63, 3.8) is 0 Å². The van der Waals surface area contributed by atoms with Crippen LogP contribution in [0.5, 0.6) is 0 Å². The topological polar surface area (TPSA) is 63.4 Å². The molecule has 17 heavy (non-hydrogen) atoms. The van der Waals surface area contributed by atoms with Crippen molar-refractivity contribution in [3.05, 3.63) is 29.8 Å². The molecule has 1 aliphatic rings. The zero-order valence-electron chi connectivity index (χ0n) is 9.80. The molecule has 4 nitrogen and oxygen atoms in total. The fourth-order valence-electron chi connectivity index (χ4n) is 2.09. The standard InChI is InChI=1S/C12H18N2O2S/c13-10-11-5-4-6-12(9-11)17(15,16)14-7-2-1-3-8-14/h4-6,9H,1-3,7-8,10,13H2. The Balaban J connectivity index is 2.29. The van der Waals surface area contributed by atoms with Gasteiger partial charge in [-0.1, -0.05) is 18.6 Å². The van der Waals surface area contributed by atoms with Gasteiger partial charge in [0.05, 0.1) is 4.90 Å². The third-order valence-electron chi connectivity index (χ3n) is 3.09. The third-order valence-corrected chi connectivity index (χ3v) is 4.98. The predicted octanol–water partition coefficient (Wildman–Crippen LogP) is 1.32. The van der Waals surface area contributed by atoms with Gasteiger partial charge in [-0.15, -0.1) is 0 Å². The number of piperidine rings is 1. The Kier molecular flexibility index (Phi) is 3.81. The van der Waals surface area contributed by atoms with Crippen molar-refractivity contribution in [2.45, 2.75) is 30.7 Å². The van der Waals surface area contributed by atoms with Crippen LogP contribution in [0.4, 0.5) is 0 Å². The van der Waals surface area contributed by atoms with E-state index in [1.54, 1.807) is 22.5 Å². The molecule has 0 unspecified atom stereocenters. The number of rotatable bonds is 3. The highest BCUT2D eigenvalue weighted by atomic mass is 32.2. The first-order chi connectivity index (χ1) is 8.14. The summed E-state index contributed by atoms with van der Waals surface area (Å²) in [6.07, 6.45) is 3.03. The van der Waals surface area contributed by atoms with E-state index in [2.05, 4.69) is 0 Å². The van der Waals surface area contributed by atoms with E-state index in [9.17, 15) is 8.42 Å². The Labute approximate surface area is 102 Å². The number of benzene rings is 1. The van der Waals surface area contributed by atoms with Crippen LogP contribution in [0.15, 0.2) is 29.2 Å². The molecular weight excluding hydrogens is 236 g/mol. The van der Waals surface area contributed by atoms with Gasteiger partial charge in [0.2, 0.25) is 10.0 Å². The molecule has 0 saturated carbocycles. The molecule has 0 spiro atoms. The van der Waals surface area contributed by atoms with Crippen molar-refractivity contribution in [2.75, 3.05) is 13.1 Å². The van der Waals surface area contributed by atoms with Crippen molar-refractivity contribution in [1.82, 2.24) is 4.31 Å². The van der Waals surface area contributed by atoms with Crippen LogP contribution in [-0.2, 0) is 16.6 Å². The zero-order chi connectivity index (χ0) is 12.3. The second-order valence-electron chi connectivity index (χ2n) is 4.32. The molecule has 1 aromatic rings. The maximum absolute atomic E-state index is 12.3. The van der Waals surface area contributed by atoms with Crippen LogP contribution >= 0.6 is 0 Å². The fraction of sp³-hybridized carbons (Fsp3) is 0.500. The predicted molar refractivity (Wildman–Crippen MR) is 66.9 cm³/mol. The van der Waals surface area contributed by atoms with Crippen LogP contribution < -0.4 is 5.73 Å². The number of nitrogens with two attached hydrogens (primary N) is 1. The van der Waals surface area contributed by atoms with Gasteiger partial charge in [-0.2, -0.15) is 4.31 Å². The minimum Gasteiger partial charge on any atom is -0.326 e. The van der Waals surface area contributed by atoms with Crippen molar-refractivity contribution in [3.8, 4) is 0 Å². The largest absolute Gasteiger partial charge is 0.326 e. The highest BCUT2D eigenvalue weighted by Crippen LogP contribution is 2.21. The van der Waals surface area contributed by atoms with Gasteiger partial charge in [0.1, 0.15) is 0 Å². The maximum atomic E-state index is 12.3. The first-order valence-corrected chi connectivity index (χ1v) is 7.38. The lowest BCUT2D eigenvalue weighted by Crippen LogP contribution is -2.35. The van der Waals surface area contributed by atoms with Gasteiger partial charge in [0.25, 0.3) is 0 Å². The molecule has 0 atom stereocenters. The second kappa shape index (κ2) is 5.16. The molecule has 2 rings (SSSR count). The Bertz CT molecular complexity index is 479. The first kappa shape index (κ1) is 12.5. The van der Waals surface area contributed by atoms with Gasteiger partial charge in [-0.05, 0) is 30.5 Å². The van der Waals surface area contributed by atoms with Crippen LogP contribution in [0.1, 0.15) is 24.8 Å². The van der Waals surface area contributed by atoms with E-state index in [0.29, 0.717) is 24.5 Å². The minimum atomic E-state index is -3.32. The molecule has 1 saturated heterocycles. The minimum absolute atomic E-state index is 0.363. The highest BCUT2D eigenvalue weighted by Gasteiger charge is 2.25. The summed E-state index contributed by atoms with van der Waals surface area (Å²) in [4.78, 5) is 0.363. The molecule has 1 aromatic carbocycles. The van der Waals surface area contributed by atoms with E-state index >= 15 is 0 Å². The van der Waals surface area contributed by atoms with Crippen LogP contribution in [0.2, 0.25) is 0 Å². The summed E-state index contributed by atoms with van der Waals surface area (Å²) in [6.45, 7) is 1.63. The van der Waals surface area contributed by atoms with Gasteiger partial charge in [0.15, 0.2) is 0 Å². The summed E-state index contributed by atoms with van der Waals surface area (Å²) >= 11 is 0. The van der Waals surface area contributed by atoms with Gasteiger partial charge >= 0.3 is 0 Å². The molecule has 0 aromatic heterocycles. The molecule has 1 aliphatic heterocycles. The summed E-state index contributed by atoms with van der Waals surface area (Å²) in [5.74, 6) is 0. The quantitative estimate of drug-likeness (QED) is 0.885. The Hall–Kier alpha value is -0.910. The van der Waals surface area contributed by atoms with E-state index in [-0.39, 0.29) is 0 Å². The van der Waals surface area contributed by atoms with Crippen molar-refractivity contribution >= 4 is 10.0 Å². The highest BCUT2D eigenvalue weighted by molar-refractivity contribution is 7.89. The van der Waals surface area contributed by atoms with Crippen molar-refractivity contribution < 1.29 is 8.42 Å². The smallest absolute Gasteiger partial charge is 0.243 e. The van der Waals surface area contributed by atoms with Gasteiger partial charge in [0, 0.05) is 19.6 Å². The number of sulfonamides is 1. The molecular formula is C12H18N2O2S. The summed E-state index contributed by atoms with van der Waals surface area (Å²) in [5.41, 5.74) is 6.38. The van der Waals surface area contributed by atoms with E-state index in [4.69, 9.17) is 5.73 Å². The van der Waals surface area contributed by atoms with E-state index < -0.39 is 10.0 Å². The Morgan fingerprint density at radius 2 is 1.88 bits per heavy atom. The SMILES string of the molecule is NCc1cccc(S(=O)(=O)N2CCCCC2)c1. The molecule has 1 heterocycles. The third kappa shape index (κ3) is 2.68. The van der Waals surface area contributed by atoms with E-state index in [1.165, 1.54) is 0 Å². The van der Waals surface area contributed by atoms with Gasteiger partial charge in [-0.3, -0.25) is 0 Å². The fourth-order valence-corrected chi connectivity index (χ4v) is 3.68. The van der Waals surface area contributed by atoms with Crippen LogP contribution in [0.25, 0.3) is 0 Å². The summed E-state index contributed by atoms with van der Waals surface area (Å²) in [5, 5.41) is 0. The Morgan fingerprint density at radius 3 is 2.53 bits per heavy atom. The average Bonchev–Trinajstić information content (AvgIpc) is 2.40. The molecule has 0 bridgehead atoms. The molecule has 94 valence electrons. The Morgan fingerprint density at radius 1 is 1.18 bits per heavy atom. The second-order valence-corrected chi connectivity index (χ2v) is 6.25. The molecule has 0 radical (unpaired) electrons. The number of hydrogen-bond acceptors (Lipinski definition) is 3. The van der Waals surface area contributed by atoms with Crippen LogP contribution in [0.3, 0.4) is 0 Å². The summed E-state index contributed by atoms with van der Waals surface area (Å²) in [7, 11) is -3.32. The number of nitrogens with zero attached hydrogens (tertiary/aromatic N) is 1. The first-order valence-electron chi connectivity index (χ1n) is 5.94. The molecule has 2 N–H and O–H groups in total. The lowest BCUT2D eigenvalue weighted by molar-refractivity contribution is 0.346. The molecule has 0 aliphatic carbocycles. The van der Waals surface area contributed by atoms with Gasteiger partial charge < -0.3 is 5.73 Å². The number of hydrogen-bond donors (Lipinski definition) is 1. The zero-order valence-corrected chi connectivity index (χ0v) is 10.6. The maximum Gasteiger partial charge on any atom is 0.243 e. The lowest BCUT2D eigenvalue weighted by atomic mass is 10.2. The van der Waals surface area contributed by atoms with Crippen LogP contribution in [-0.4, -0.2) is 25.8 Å². The van der Waals surface area contributed by atoms with Crippen molar-refractivity contribution in [1.29, 1.82) is 0 Å². The molecule has 5 heteroatoms. The summed E-state index contributed by atoms with van der Waals surface area (Å²) in [6, 6.07) is 6.90. The van der Waals surface area contributed by atoms with E-state index in [1.807, 2.05) is 6.07 Å². The van der Waals surface area contributed by atoms with Crippen molar-refractivity contribution in [2.24, 2.45) is 5.73 Å². The molecule has 0 amide bonds. The van der Waals surface area contributed by atoms with Gasteiger partial charge in [-0.25, -0.2) is 8.42 Å². The van der Waals surface area contributed by atoms with E-state index in [0.717, 1.165) is 24.8 Å². The monoisotopic (exact) mass is 254 g/mol. The van der Waals surface area contributed by atoms with Crippen LogP contribution in [0, 0.1) is 0 Å². The average molecular weight is 254 g/mol. The molecule has 1 fully saturated rings. The normalized spacial score (nSPS) is 18.2. The lowest BCUT2D eigenvalue weighted by Gasteiger charge is -2.26.